The number of nitrogens with two attached hydrogens (primary N) is 1. The number of hydrogen-bond donors (Lipinski definition) is 1. The summed E-state index contributed by atoms with van der Waals surface area (Å²) >= 11 is 0. The molecule has 1 aromatic carbocycles. The van der Waals surface area contributed by atoms with Gasteiger partial charge < -0.3 is 15.4 Å². The first-order valence-electron chi connectivity index (χ1n) is 7.40. The maximum absolute atomic E-state index is 13.8. The van der Waals surface area contributed by atoms with Crippen molar-refractivity contribution in [1.29, 1.82) is 0 Å². The predicted octanol–water partition coefficient (Wildman–Crippen LogP) is 2.82. The molecule has 0 aliphatic heterocycles. The molecule has 2 atom stereocenters. The van der Waals surface area contributed by atoms with Crippen molar-refractivity contribution in [3.63, 3.8) is 0 Å². The maximum Gasteiger partial charge on any atom is 0.127 e. The highest BCUT2D eigenvalue weighted by Crippen LogP contribution is 2.22. The van der Waals surface area contributed by atoms with E-state index < -0.39 is 0 Å². The van der Waals surface area contributed by atoms with Crippen molar-refractivity contribution in [2.24, 2.45) is 11.7 Å². The lowest BCUT2D eigenvalue weighted by Gasteiger charge is -2.28. The van der Waals surface area contributed by atoms with Crippen molar-refractivity contribution in [1.82, 2.24) is 4.90 Å². The van der Waals surface area contributed by atoms with E-state index in [-0.39, 0.29) is 17.8 Å². The van der Waals surface area contributed by atoms with Crippen molar-refractivity contribution in [2.75, 3.05) is 32.8 Å². The normalized spacial score (nSPS) is 14.5. The average molecular weight is 282 g/mol. The standard InChI is InChI=1S/C16H27FN2O/c1-4-19(10-11-20-5-2)12-13(3)16(18)14-8-6-7-9-15(14)17/h6-9,13,16H,4-5,10-12,18H2,1-3H3. The second-order valence-electron chi connectivity index (χ2n) is 5.11. The van der Waals surface area contributed by atoms with E-state index in [1.165, 1.54) is 6.07 Å². The first-order chi connectivity index (χ1) is 9.60. The Bertz CT molecular complexity index is 386. The van der Waals surface area contributed by atoms with Gasteiger partial charge >= 0.3 is 0 Å². The van der Waals surface area contributed by atoms with Gasteiger partial charge in [-0.25, -0.2) is 4.39 Å². The third-order valence-corrected chi connectivity index (χ3v) is 3.63. The van der Waals surface area contributed by atoms with E-state index in [4.69, 9.17) is 10.5 Å². The van der Waals surface area contributed by atoms with Crippen molar-refractivity contribution >= 4 is 0 Å². The molecule has 0 fully saturated rings. The molecule has 114 valence electrons. The van der Waals surface area contributed by atoms with Crippen LogP contribution in [-0.2, 0) is 4.74 Å². The molecule has 0 spiro atoms. The second kappa shape index (κ2) is 9.06. The number of likely N-dealkylation sites (N-methyl/N-ethyl adjacent to an activating group) is 1. The zero-order valence-electron chi connectivity index (χ0n) is 12.8. The minimum absolute atomic E-state index is 0.188. The topological polar surface area (TPSA) is 38.5 Å². The van der Waals surface area contributed by atoms with E-state index in [0.717, 1.165) is 32.8 Å². The van der Waals surface area contributed by atoms with Crippen LogP contribution in [0, 0.1) is 11.7 Å². The monoisotopic (exact) mass is 282 g/mol. The average Bonchev–Trinajstić information content (AvgIpc) is 2.46. The summed E-state index contributed by atoms with van der Waals surface area (Å²) in [4.78, 5) is 2.29. The van der Waals surface area contributed by atoms with E-state index >= 15 is 0 Å². The fraction of sp³-hybridized carbons (Fsp3) is 0.625. The van der Waals surface area contributed by atoms with Gasteiger partial charge in [0.1, 0.15) is 5.82 Å². The fourth-order valence-corrected chi connectivity index (χ4v) is 2.29. The number of hydrogen-bond acceptors (Lipinski definition) is 3. The van der Waals surface area contributed by atoms with E-state index in [1.54, 1.807) is 12.1 Å². The molecule has 0 aliphatic carbocycles. The molecule has 0 amide bonds. The zero-order chi connectivity index (χ0) is 15.0. The largest absolute Gasteiger partial charge is 0.380 e. The van der Waals surface area contributed by atoms with Gasteiger partial charge in [0.2, 0.25) is 0 Å². The molecule has 0 radical (unpaired) electrons. The smallest absolute Gasteiger partial charge is 0.127 e. The molecule has 0 aliphatic rings. The van der Waals surface area contributed by atoms with Crippen LogP contribution in [0.25, 0.3) is 0 Å². The molecule has 1 rings (SSSR count). The quantitative estimate of drug-likeness (QED) is 0.708. The van der Waals surface area contributed by atoms with Crippen LogP contribution in [0.4, 0.5) is 4.39 Å². The summed E-state index contributed by atoms with van der Waals surface area (Å²) in [6, 6.07) is 6.48. The van der Waals surface area contributed by atoms with Crippen LogP contribution in [0.5, 0.6) is 0 Å². The number of benzene rings is 1. The first-order valence-corrected chi connectivity index (χ1v) is 7.40. The molecule has 4 heteroatoms. The third-order valence-electron chi connectivity index (χ3n) is 3.63. The van der Waals surface area contributed by atoms with E-state index in [0.29, 0.717) is 5.56 Å². The van der Waals surface area contributed by atoms with Gasteiger partial charge in [-0.15, -0.1) is 0 Å². The summed E-state index contributed by atoms with van der Waals surface area (Å²) in [6.07, 6.45) is 0. The summed E-state index contributed by atoms with van der Waals surface area (Å²) < 4.78 is 19.1. The van der Waals surface area contributed by atoms with Gasteiger partial charge in [-0.3, -0.25) is 0 Å². The third kappa shape index (κ3) is 5.19. The highest BCUT2D eigenvalue weighted by Gasteiger charge is 2.20. The van der Waals surface area contributed by atoms with Crippen LogP contribution >= 0.6 is 0 Å². The Kier molecular flexibility index (Phi) is 7.73. The van der Waals surface area contributed by atoms with Gasteiger partial charge in [0.05, 0.1) is 6.61 Å². The highest BCUT2D eigenvalue weighted by molar-refractivity contribution is 5.21. The van der Waals surface area contributed by atoms with Crippen LogP contribution in [0.1, 0.15) is 32.4 Å². The van der Waals surface area contributed by atoms with Gasteiger partial charge in [0.15, 0.2) is 0 Å². The Hall–Kier alpha value is -0.970. The maximum atomic E-state index is 13.8. The minimum atomic E-state index is -0.280. The van der Waals surface area contributed by atoms with Crippen LogP contribution in [0.2, 0.25) is 0 Å². The van der Waals surface area contributed by atoms with Crippen molar-refractivity contribution < 1.29 is 9.13 Å². The number of ether oxygens (including phenoxy) is 1. The molecule has 0 bridgehead atoms. The van der Waals surface area contributed by atoms with Gasteiger partial charge in [-0.2, -0.15) is 0 Å². The first kappa shape index (κ1) is 17.1. The molecule has 2 unspecified atom stereocenters. The van der Waals surface area contributed by atoms with Crippen molar-refractivity contribution in [3.05, 3.63) is 35.6 Å². The molecule has 0 aromatic heterocycles. The van der Waals surface area contributed by atoms with Gasteiger partial charge in [0.25, 0.3) is 0 Å². The Balaban J connectivity index is 2.55. The molecular formula is C16H27FN2O. The van der Waals surface area contributed by atoms with E-state index in [9.17, 15) is 4.39 Å². The Morgan fingerprint density at radius 2 is 2.00 bits per heavy atom. The van der Waals surface area contributed by atoms with Crippen molar-refractivity contribution in [3.8, 4) is 0 Å². The van der Waals surface area contributed by atoms with Crippen LogP contribution < -0.4 is 5.73 Å². The summed E-state index contributed by atoms with van der Waals surface area (Å²) in [5.41, 5.74) is 6.80. The molecule has 1 aromatic rings. The summed E-state index contributed by atoms with van der Waals surface area (Å²) in [5.74, 6) is -0.0299. The highest BCUT2D eigenvalue weighted by atomic mass is 19.1. The Morgan fingerprint density at radius 3 is 2.60 bits per heavy atom. The lowest BCUT2D eigenvalue weighted by Crippen LogP contribution is -2.35. The molecule has 0 heterocycles. The molecule has 3 nitrogen and oxygen atoms in total. The lowest BCUT2D eigenvalue weighted by atomic mass is 9.94. The van der Waals surface area contributed by atoms with Crippen LogP contribution in [-0.4, -0.2) is 37.7 Å². The minimum Gasteiger partial charge on any atom is -0.380 e. The lowest BCUT2D eigenvalue weighted by molar-refractivity contribution is 0.107. The molecule has 2 N–H and O–H groups in total. The number of nitrogens with zero attached hydrogens (tertiary/aromatic N) is 1. The van der Waals surface area contributed by atoms with Crippen LogP contribution in [0.3, 0.4) is 0 Å². The molecule has 20 heavy (non-hydrogen) atoms. The molecular weight excluding hydrogens is 255 g/mol. The Labute approximate surface area is 121 Å². The Morgan fingerprint density at radius 1 is 1.30 bits per heavy atom. The predicted molar refractivity (Wildman–Crippen MR) is 81.1 cm³/mol. The number of rotatable bonds is 9. The van der Waals surface area contributed by atoms with Crippen LogP contribution in [0.15, 0.2) is 24.3 Å². The SMILES string of the molecule is CCOCCN(CC)CC(C)C(N)c1ccccc1F. The van der Waals surface area contributed by atoms with Gasteiger partial charge in [-0.05, 0) is 25.5 Å². The molecule has 0 saturated carbocycles. The van der Waals surface area contributed by atoms with Gasteiger partial charge in [0, 0.05) is 31.3 Å². The van der Waals surface area contributed by atoms with Crippen molar-refractivity contribution in [2.45, 2.75) is 26.8 Å². The summed E-state index contributed by atoms with van der Waals surface area (Å²) in [6.45, 7) is 10.3. The van der Waals surface area contributed by atoms with E-state index in [2.05, 4.69) is 18.7 Å². The number of halogens is 1. The summed E-state index contributed by atoms with van der Waals surface area (Å²) in [7, 11) is 0. The second-order valence-corrected chi connectivity index (χ2v) is 5.11. The zero-order valence-corrected chi connectivity index (χ0v) is 12.8. The van der Waals surface area contributed by atoms with Gasteiger partial charge in [-0.1, -0.05) is 32.0 Å². The summed E-state index contributed by atoms with van der Waals surface area (Å²) in [5, 5.41) is 0. The molecule has 0 saturated heterocycles. The fourth-order valence-electron chi connectivity index (χ4n) is 2.29. The van der Waals surface area contributed by atoms with E-state index in [1.807, 2.05) is 13.0 Å².